The van der Waals surface area contributed by atoms with Crippen LogP contribution in [0.25, 0.3) is 0 Å². The van der Waals surface area contributed by atoms with Gasteiger partial charge in [-0.1, -0.05) is 20.8 Å². The number of amides is 2. The van der Waals surface area contributed by atoms with Crippen molar-refractivity contribution in [1.82, 2.24) is 10.2 Å². The number of aliphatic carboxylic acids is 1. The standard InChI is InChI=1S/C14H26N2O4/c1-9(2)11(8-20-4)15-14(19)16-6-5-10(3)7-12(16)13(17)18/h9-12H,5-8H2,1-4H3,(H,15,19)(H,17,18). The van der Waals surface area contributed by atoms with Crippen molar-refractivity contribution in [3.63, 3.8) is 0 Å². The molecule has 0 spiro atoms. The summed E-state index contributed by atoms with van der Waals surface area (Å²) in [6, 6.07) is -1.14. The molecular weight excluding hydrogens is 260 g/mol. The van der Waals surface area contributed by atoms with Gasteiger partial charge in [-0.15, -0.1) is 0 Å². The molecule has 2 amide bonds. The van der Waals surface area contributed by atoms with Gasteiger partial charge in [-0.3, -0.25) is 0 Å². The number of carbonyl (C=O) groups is 2. The Kier molecular flexibility index (Phi) is 6.26. The molecule has 1 aliphatic heterocycles. The van der Waals surface area contributed by atoms with Crippen molar-refractivity contribution in [2.75, 3.05) is 20.3 Å². The van der Waals surface area contributed by atoms with Crippen LogP contribution in [0.5, 0.6) is 0 Å². The highest BCUT2D eigenvalue weighted by molar-refractivity contribution is 5.83. The van der Waals surface area contributed by atoms with Gasteiger partial charge in [0.15, 0.2) is 0 Å². The van der Waals surface area contributed by atoms with Crippen LogP contribution in [0.4, 0.5) is 4.79 Å². The fraction of sp³-hybridized carbons (Fsp3) is 0.857. The Bertz CT molecular complexity index is 346. The number of piperidine rings is 1. The lowest BCUT2D eigenvalue weighted by Gasteiger charge is -2.37. The summed E-state index contributed by atoms with van der Waals surface area (Å²) in [5.41, 5.74) is 0. The first kappa shape index (κ1) is 16.8. The van der Waals surface area contributed by atoms with E-state index in [1.807, 2.05) is 20.8 Å². The number of nitrogens with one attached hydrogen (secondary N) is 1. The second kappa shape index (κ2) is 7.47. The molecule has 2 N–H and O–H groups in total. The number of rotatable bonds is 5. The second-order valence-corrected chi connectivity index (χ2v) is 5.93. The topological polar surface area (TPSA) is 78.9 Å². The van der Waals surface area contributed by atoms with Gasteiger partial charge in [-0.05, 0) is 24.7 Å². The van der Waals surface area contributed by atoms with Gasteiger partial charge in [0.1, 0.15) is 6.04 Å². The van der Waals surface area contributed by atoms with E-state index in [-0.39, 0.29) is 18.0 Å². The summed E-state index contributed by atoms with van der Waals surface area (Å²) in [7, 11) is 1.59. The molecule has 1 heterocycles. The van der Waals surface area contributed by atoms with E-state index in [4.69, 9.17) is 4.74 Å². The van der Waals surface area contributed by atoms with Crippen molar-refractivity contribution in [3.05, 3.63) is 0 Å². The first-order chi connectivity index (χ1) is 9.36. The van der Waals surface area contributed by atoms with E-state index in [9.17, 15) is 14.7 Å². The Hall–Kier alpha value is -1.30. The molecule has 0 aromatic carbocycles. The van der Waals surface area contributed by atoms with Crippen molar-refractivity contribution in [2.45, 2.75) is 45.7 Å². The molecule has 0 aliphatic carbocycles. The van der Waals surface area contributed by atoms with E-state index in [1.165, 1.54) is 4.90 Å². The lowest BCUT2D eigenvalue weighted by atomic mass is 9.92. The predicted molar refractivity (Wildman–Crippen MR) is 75.6 cm³/mol. The zero-order chi connectivity index (χ0) is 15.3. The molecule has 1 rings (SSSR count). The molecule has 0 aromatic rings. The molecule has 1 saturated heterocycles. The summed E-state index contributed by atoms with van der Waals surface area (Å²) in [5.74, 6) is -0.370. The van der Waals surface area contributed by atoms with Crippen LogP contribution in [0.15, 0.2) is 0 Å². The van der Waals surface area contributed by atoms with E-state index in [1.54, 1.807) is 7.11 Å². The summed E-state index contributed by atoms with van der Waals surface area (Å²) < 4.78 is 5.10. The van der Waals surface area contributed by atoms with E-state index in [2.05, 4.69) is 5.32 Å². The van der Waals surface area contributed by atoms with Crippen LogP contribution in [0.1, 0.15) is 33.6 Å². The quantitative estimate of drug-likeness (QED) is 0.803. The smallest absolute Gasteiger partial charge is 0.326 e. The largest absolute Gasteiger partial charge is 0.480 e. The van der Waals surface area contributed by atoms with Crippen LogP contribution in [0, 0.1) is 11.8 Å². The molecular formula is C14H26N2O4. The van der Waals surface area contributed by atoms with Gasteiger partial charge in [0, 0.05) is 13.7 Å². The molecule has 3 atom stereocenters. The molecule has 20 heavy (non-hydrogen) atoms. The number of hydrogen-bond acceptors (Lipinski definition) is 3. The molecule has 6 nitrogen and oxygen atoms in total. The van der Waals surface area contributed by atoms with E-state index in [0.717, 1.165) is 6.42 Å². The maximum atomic E-state index is 12.3. The Morgan fingerprint density at radius 3 is 2.60 bits per heavy atom. The van der Waals surface area contributed by atoms with Crippen molar-refractivity contribution >= 4 is 12.0 Å². The van der Waals surface area contributed by atoms with E-state index in [0.29, 0.717) is 25.5 Å². The van der Waals surface area contributed by atoms with Gasteiger partial charge in [0.25, 0.3) is 0 Å². The SMILES string of the molecule is COCC(NC(=O)N1CCC(C)CC1C(=O)O)C(C)C. The van der Waals surface area contributed by atoms with Gasteiger partial charge in [-0.25, -0.2) is 9.59 Å². The Morgan fingerprint density at radius 1 is 1.45 bits per heavy atom. The van der Waals surface area contributed by atoms with Crippen molar-refractivity contribution in [1.29, 1.82) is 0 Å². The highest BCUT2D eigenvalue weighted by atomic mass is 16.5. The first-order valence-electron chi connectivity index (χ1n) is 7.15. The summed E-state index contributed by atoms with van der Waals surface area (Å²) >= 11 is 0. The highest BCUT2D eigenvalue weighted by Crippen LogP contribution is 2.23. The average molecular weight is 286 g/mol. The fourth-order valence-corrected chi connectivity index (χ4v) is 2.44. The molecule has 0 radical (unpaired) electrons. The molecule has 3 unspecified atom stereocenters. The molecule has 0 bridgehead atoms. The summed E-state index contributed by atoms with van der Waals surface area (Å²) in [6.07, 6.45) is 1.35. The van der Waals surface area contributed by atoms with Gasteiger partial charge >= 0.3 is 12.0 Å². The van der Waals surface area contributed by atoms with Gasteiger partial charge in [0.05, 0.1) is 12.6 Å². The molecule has 1 fully saturated rings. The number of carboxylic acid groups (broad SMARTS) is 1. The van der Waals surface area contributed by atoms with Crippen molar-refractivity contribution < 1.29 is 19.4 Å². The number of methoxy groups -OCH3 is 1. The third-order valence-electron chi connectivity index (χ3n) is 3.87. The Morgan fingerprint density at radius 2 is 2.10 bits per heavy atom. The third-order valence-corrected chi connectivity index (χ3v) is 3.87. The third kappa shape index (κ3) is 4.37. The van der Waals surface area contributed by atoms with Crippen LogP contribution < -0.4 is 5.32 Å². The number of ether oxygens (including phenoxy) is 1. The van der Waals surface area contributed by atoms with Crippen molar-refractivity contribution in [3.8, 4) is 0 Å². The van der Waals surface area contributed by atoms with E-state index >= 15 is 0 Å². The molecule has 116 valence electrons. The second-order valence-electron chi connectivity index (χ2n) is 5.93. The molecule has 0 saturated carbocycles. The average Bonchev–Trinajstić information content (AvgIpc) is 2.37. The zero-order valence-corrected chi connectivity index (χ0v) is 12.8. The maximum Gasteiger partial charge on any atom is 0.326 e. The number of urea groups is 1. The Balaban J connectivity index is 2.70. The first-order valence-corrected chi connectivity index (χ1v) is 7.15. The van der Waals surface area contributed by atoms with Gasteiger partial charge in [-0.2, -0.15) is 0 Å². The fourth-order valence-electron chi connectivity index (χ4n) is 2.44. The number of nitrogens with zero attached hydrogens (tertiary/aromatic N) is 1. The minimum absolute atomic E-state index is 0.110. The lowest BCUT2D eigenvalue weighted by molar-refractivity contribution is -0.143. The zero-order valence-electron chi connectivity index (χ0n) is 12.8. The number of carbonyl (C=O) groups excluding carboxylic acids is 1. The number of hydrogen-bond donors (Lipinski definition) is 2. The van der Waals surface area contributed by atoms with Crippen LogP contribution in [-0.4, -0.2) is 54.4 Å². The lowest BCUT2D eigenvalue weighted by Crippen LogP contribution is -2.56. The van der Waals surface area contributed by atoms with Crippen molar-refractivity contribution in [2.24, 2.45) is 11.8 Å². The van der Waals surface area contributed by atoms with Gasteiger partial charge in [0.2, 0.25) is 0 Å². The van der Waals surface area contributed by atoms with Crippen LogP contribution in [0.3, 0.4) is 0 Å². The van der Waals surface area contributed by atoms with Crippen LogP contribution in [0.2, 0.25) is 0 Å². The number of likely N-dealkylation sites (tertiary alicyclic amines) is 1. The molecule has 1 aliphatic rings. The minimum Gasteiger partial charge on any atom is -0.480 e. The summed E-state index contributed by atoms with van der Waals surface area (Å²) in [4.78, 5) is 25.1. The summed E-state index contributed by atoms with van der Waals surface area (Å²) in [6.45, 7) is 6.92. The molecule has 0 aromatic heterocycles. The normalized spacial score (nSPS) is 24.6. The number of carboxylic acids is 1. The van der Waals surface area contributed by atoms with E-state index < -0.39 is 12.0 Å². The van der Waals surface area contributed by atoms with Crippen LogP contribution in [-0.2, 0) is 9.53 Å². The van der Waals surface area contributed by atoms with Gasteiger partial charge < -0.3 is 20.1 Å². The predicted octanol–water partition coefficient (Wildman–Crippen LogP) is 1.55. The van der Waals surface area contributed by atoms with Crippen LogP contribution >= 0.6 is 0 Å². The maximum absolute atomic E-state index is 12.3. The Labute approximate surface area is 120 Å². The summed E-state index contributed by atoms with van der Waals surface area (Å²) in [5, 5.41) is 12.2. The monoisotopic (exact) mass is 286 g/mol. The highest BCUT2D eigenvalue weighted by Gasteiger charge is 2.35. The molecule has 6 heteroatoms. The minimum atomic E-state index is -0.931.